The summed E-state index contributed by atoms with van der Waals surface area (Å²) >= 11 is 5.46. The number of esters is 1. The first-order valence-corrected chi connectivity index (χ1v) is 6.03. The van der Waals surface area contributed by atoms with Gasteiger partial charge in [0, 0.05) is 5.56 Å². The van der Waals surface area contributed by atoms with Gasteiger partial charge in [-0.2, -0.15) is 0 Å². The number of alkyl halides is 6. The van der Waals surface area contributed by atoms with E-state index in [0.717, 1.165) is 0 Å². The smallest absolute Gasteiger partial charge is 0.462 e. The Labute approximate surface area is 120 Å². The predicted molar refractivity (Wildman–Crippen MR) is 61.4 cm³/mol. The van der Waals surface area contributed by atoms with E-state index in [9.17, 15) is 26.7 Å². The zero-order chi connectivity index (χ0) is 16.2. The van der Waals surface area contributed by atoms with Gasteiger partial charge in [-0.25, -0.2) is 18.6 Å². The van der Waals surface area contributed by atoms with E-state index in [1.807, 2.05) is 0 Å². The Morgan fingerprint density at radius 2 is 2.05 bits per heavy atom. The second kappa shape index (κ2) is 6.88. The molecule has 0 unspecified atom stereocenters. The van der Waals surface area contributed by atoms with Crippen LogP contribution in [0.15, 0.2) is 6.07 Å². The van der Waals surface area contributed by atoms with Crippen molar-refractivity contribution in [2.75, 3.05) is 6.61 Å². The predicted octanol–water partition coefficient (Wildman–Crippen LogP) is 3.83. The number of carbonyl (C=O) groups is 1. The first-order chi connectivity index (χ1) is 9.69. The quantitative estimate of drug-likeness (QED) is 0.467. The number of aromatic nitrogens is 1. The van der Waals surface area contributed by atoms with E-state index < -0.39 is 47.3 Å². The monoisotopic (exact) mass is 333 g/mol. The highest BCUT2D eigenvalue weighted by molar-refractivity contribution is 6.18. The molecule has 1 rings (SSSR count). The molecule has 0 aliphatic heterocycles. The van der Waals surface area contributed by atoms with Gasteiger partial charge in [-0.15, -0.1) is 24.8 Å². The first kappa shape index (κ1) is 17.4. The van der Waals surface area contributed by atoms with Crippen LogP contribution in [0.25, 0.3) is 0 Å². The molecule has 0 saturated carbocycles. The van der Waals surface area contributed by atoms with E-state index in [2.05, 4.69) is 14.5 Å². The van der Waals surface area contributed by atoms with Gasteiger partial charge >= 0.3 is 12.3 Å². The maximum Gasteiger partial charge on any atom is 0.574 e. The van der Waals surface area contributed by atoms with Crippen LogP contribution < -0.4 is 4.74 Å². The minimum Gasteiger partial charge on any atom is -0.462 e. The van der Waals surface area contributed by atoms with Crippen LogP contribution in [0.1, 0.15) is 35.0 Å². The summed E-state index contributed by atoms with van der Waals surface area (Å²) in [5.74, 6) is -2.89. The lowest BCUT2D eigenvalue weighted by molar-refractivity contribution is -0.276. The van der Waals surface area contributed by atoms with Gasteiger partial charge in [0.1, 0.15) is 5.69 Å². The van der Waals surface area contributed by atoms with Crippen LogP contribution in [0.5, 0.6) is 5.88 Å². The van der Waals surface area contributed by atoms with Crippen LogP contribution in [0.2, 0.25) is 0 Å². The molecule has 0 spiro atoms. The van der Waals surface area contributed by atoms with Gasteiger partial charge in [0.15, 0.2) is 0 Å². The molecule has 4 nitrogen and oxygen atoms in total. The molecule has 0 aliphatic rings. The number of rotatable bonds is 5. The Hall–Kier alpha value is -1.64. The van der Waals surface area contributed by atoms with Crippen LogP contribution in [-0.4, -0.2) is 23.9 Å². The summed E-state index contributed by atoms with van der Waals surface area (Å²) in [6, 6.07) is 0.629. The average Bonchev–Trinajstić information content (AvgIpc) is 2.36. The summed E-state index contributed by atoms with van der Waals surface area (Å²) in [6.45, 7) is 1.35. The van der Waals surface area contributed by atoms with Crippen LogP contribution in [0.4, 0.5) is 22.0 Å². The Balaban J connectivity index is 3.43. The summed E-state index contributed by atoms with van der Waals surface area (Å²) in [5.41, 5.74) is -2.07. The SMILES string of the molecule is CCOC(=O)c1cc(C(F)F)nc(OC(F)(F)F)c1CCl. The molecule has 0 atom stereocenters. The largest absolute Gasteiger partial charge is 0.574 e. The molecule has 0 N–H and O–H groups in total. The van der Waals surface area contributed by atoms with E-state index in [1.54, 1.807) is 0 Å². The molecule has 0 fully saturated rings. The Kier molecular flexibility index (Phi) is 5.70. The fourth-order valence-corrected chi connectivity index (χ4v) is 1.65. The van der Waals surface area contributed by atoms with Crippen molar-refractivity contribution in [2.24, 2.45) is 0 Å². The highest BCUT2D eigenvalue weighted by atomic mass is 35.5. The molecule has 0 bridgehead atoms. The standard InChI is InChI=1S/C11H9ClF5NO3/c1-2-20-10(19)5-3-7(8(13)14)18-9(6(5)4-12)21-11(15,16)17/h3,8H,2,4H2,1H3. The van der Waals surface area contributed by atoms with Crippen molar-refractivity contribution in [3.63, 3.8) is 0 Å². The summed E-state index contributed by atoms with van der Waals surface area (Å²) in [4.78, 5) is 14.7. The molecule has 0 amide bonds. The molecule has 0 aromatic carbocycles. The number of carbonyl (C=O) groups excluding carboxylic acids is 1. The second-order valence-corrected chi connectivity index (χ2v) is 3.85. The van der Waals surface area contributed by atoms with Crippen molar-refractivity contribution in [1.29, 1.82) is 0 Å². The molecule has 0 aliphatic carbocycles. The number of hydrogen-bond acceptors (Lipinski definition) is 4. The lowest BCUT2D eigenvalue weighted by Gasteiger charge is -2.15. The maximum absolute atomic E-state index is 12.7. The molecule has 1 aromatic heterocycles. The molecule has 118 valence electrons. The highest BCUT2D eigenvalue weighted by Crippen LogP contribution is 2.31. The van der Waals surface area contributed by atoms with Crippen LogP contribution in [0, 0.1) is 0 Å². The lowest BCUT2D eigenvalue weighted by atomic mass is 10.1. The van der Waals surface area contributed by atoms with Gasteiger partial charge in [0.25, 0.3) is 6.43 Å². The van der Waals surface area contributed by atoms with Gasteiger partial charge in [0.2, 0.25) is 5.88 Å². The van der Waals surface area contributed by atoms with Crippen molar-refractivity contribution in [1.82, 2.24) is 4.98 Å². The molecule has 21 heavy (non-hydrogen) atoms. The Morgan fingerprint density at radius 1 is 1.43 bits per heavy atom. The molecule has 1 heterocycles. The molecular formula is C11H9ClF5NO3. The maximum atomic E-state index is 12.7. The number of ether oxygens (including phenoxy) is 2. The van der Waals surface area contributed by atoms with E-state index in [4.69, 9.17) is 11.6 Å². The van der Waals surface area contributed by atoms with Crippen molar-refractivity contribution >= 4 is 17.6 Å². The highest BCUT2D eigenvalue weighted by Gasteiger charge is 2.35. The normalized spacial score (nSPS) is 11.6. The Morgan fingerprint density at radius 3 is 2.48 bits per heavy atom. The van der Waals surface area contributed by atoms with E-state index in [1.165, 1.54) is 6.92 Å². The fraction of sp³-hybridized carbons (Fsp3) is 0.455. The van der Waals surface area contributed by atoms with Gasteiger partial charge in [-0.1, -0.05) is 0 Å². The van der Waals surface area contributed by atoms with Crippen molar-refractivity contribution in [3.8, 4) is 5.88 Å². The lowest BCUT2D eigenvalue weighted by Crippen LogP contribution is -2.21. The molecule has 0 radical (unpaired) electrons. The average molecular weight is 334 g/mol. The second-order valence-electron chi connectivity index (χ2n) is 3.58. The number of hydrogen-bond donors (Lipinski definition) is 0. The van der Waals surface area contributed by atoms with Crippen LogP contribution in [0.3, 0.4) is 0 Å². The summed E-state index contributed by atoms with van der Waals surface area (Å²) in [6.07, 6.45) is -8.36. The third-order valence-corrected chi connectivity index (χ3v) is 2.44. The van der Waals surface area contributed by atoms with Gasteiger partial charge < -0.3 is 9.47 Å². The molecule has 1 aromatic rings. The zero-order valence-electron chi connectivity index (χ0n) is 10.5. The molecular weight excluding hydrogens is 325 g/mol. The van der Waals surface area contributed by atoms with Crippen LogP contribution >= 0.6 is 11.6 Å². The first-order valence-electron chi connectivity index (χ1n) is 5.50. The van der Waals surface area contributed by atoms with Crippen molar-refractivity contribution in [2.45, 2.75) is 25.6 Å². The minimum atomic E-state index is -5.17. The Bertz CT molecular complexity index is 521. The summed E-state index contributed by atoms with van der Waals surface area (Å²) in [5, 5.41) is 0. The van der Waals surface area contributed by atoms with E-state index >= 15 is 0 Å². The van der Waals surface area contributed by atoms with Gasteiger partial charge in [-0.3, -0.25) is 0 Å². The molecule has 10 heteroatoms. The third kappa shape index (κ3) is 4.69. The fourth-order valence-electron chi connectivity index (χ4n) is 1.39. The number of halogens is 6. The summed E-state index contributed by atoms with van der Waals surface area (Å²) < 4.78 is 70.2. The van der Waals surface area contributed by atoms with Gasteiger partial charge in [-0.05, 0) is 13.0 Å². The van der Waals surface area contributed by atoms with E-state index in [-0.39, 0.29) is 6.61 Å². The number of pyridine rings is 1. The summed E-state index contributed by atoms with van der Waals surface area (Å²) in [7, 11) is 0. The zero-order valence-corrected chi connectivity index (χ0v) is 11.3. The van der Waals surface area contributed by atoms with E-state index in [0.29, 0.717) is 6.07 Å². The van der Waals surface area contributed by atoms with Crippen molar-refractivity contribution < 1.29 is 36.2 Å². The minimum absolute atomic E-state index is 0.0949. The van der Waals surface area contributed by atoms with Gasteiger partial charge in [0.05, 0.1) is 18.1 Å². The topological polar surface area (TPSA) is 48.4 Å². The molecule has 0 saturated heterocycles. The van der Waals surface area contributed by atoms with Crippen molar-refractivity contribution in [3.05, 3.63) is 22.9 Å². The third-order valence-electron chi connectivity index (χ3n) is 2.17. The number of nitrogens with zero attached hydrogens (tertiary/aromatic N) is 1. The van der Waals surface area contributed by atoms with Crippen LogP contribution in [-0.2, 0) is 10.6 Å².